The van der Waals surface area contributed by atoms with Crippen LogP contribution in [0.3, 0.4) is 0 Å². The fourth-order valence-electron chi connectivity index (χ4n) is 5.76. The van der Waals surface area contributed by atoms with E-state index in [1.807, 2.05) is 11.1 Å². The van der Waals surface area contributed by atoms with Crippen molar-refractivity contribution >= 4 is 6.03 Å². The van der Waals surface area contributed by atoms with E-state index in [4.69, 9.17) is 0 Å². The summed E-state index contributed by atoms with van der Waals surface area (Å²) in [5.74, 6) is 1.93. The maximum atomic E-state index is 12.7. The second kappa shape index (κ2) is 6.31. The Bertz CT molecular complexity index is 636. The fraction of sp³-hybridized carbons (Fsp3) is 0.789. The van der Waals surface area contributed by atoms with Crippen molar-refractivity contribution in [2.24, 2.45) is 11.8 Å². The van der Waals surface area contributed by atoms with Crippen molar-refractivity contribution < 1.29 is 4.79 Å². The van der Waals surface area contributed by atoms with E-state index in [0.29, 0.717) is 0 Å². The number of H-pyrrole nitrogens is 1. The molecule has 1 aliphatic heterocycles. The molecule has 4 atom stereocenters. The van der Waals surface area contributed by atoms with Crippen LogP contribution in [0, 0.1) is 11.8 Å². The highest BCUT2D eigenvalue weighted by atomic mass is 16.2. The van der Waals surface area contributed by atoms with Gasteiger partial charge in [0.2, 0.25) is 0 Å². The number of hydrogen-bond donors (Lipinski definition) is 2. The molecule has 5 rings (SSSR count). The third kappa shape index (κ3) is 2.84. The molecule has 1 aromatic heterocycles. The number of aryl methyl sites for hydroxylation is 1. The van der Waals surface area contributed by atoms with Gasteiger partial charge in [-0.05, 0) is 55.9 Å². The summed E-state index contributed by atoms with van der Waals surface area (Å²) in [6, 6.07) is 0.997. The van der Waals surface area contributed by atoms with Gasteiger partial charge in [-0.3, -0.25) is 10.00 Å². The number of rotatable bonds is 2. The summed E-state index contributed by atoms with van der Waals surface area (Å²) in [7, 11) is 0. The maximum absolute atomic E-state index is 12.7. The highest BCUT2D eigenvalue weighted by molar-refractivity contribution is 5.75. The predicted octanol–water partition coefficient (Wildman–Crippen LogP) is 2.30. The molecule has 4 aliphatic rings. The zero-order valence-corrected chi connectivity index (χ0v) is 14.9. The first-order valence-electron chi connectivity index (χ1n) is 10.1. The average Bonchev–Trinajstić information content (AvgIpc) is 3.38. The van der Waals surface area contributed by atoms with E-state index in [9.17, 15) is 4.79 Å². The van der Waals surface area contributed by atoms with Crippen LogP contribution in [-0.2, 0) is 6.42 Å². The molecule has 25 heavy (non-hydrogen) atoms. The van der Waals surface area contributed by atoms with Crippen molar-refractivity contribution in [1.29, 1.82) is 0 Å². The van der Waals surface area contributed by atoms with Crippen molar-refractivity contribution in [2.45, 2.75) is 57.0 Å². The first-order chi connectivity index (χ1) is 12.3. The molecule has 2 saturated carbocycles. The Morgan fingerprint density at radius 1 is 1.16 bits per heavy atom. The number of piperazine rings is 1. The number of amides is 2. The van der Waals surface area contributed by atoms with Crippen LogP contribution in [0.4, 0.5) is 4.79 Å². The molecule has 2 heterocycles. The third-order valence-electron chi connectivity index (χ3n) is 7.11. The van der Waals surface area contributed by atoms with E-state index >= 15 is 0 Å². The summed E-state index contributed by atoms with van der Waals surface area (Å²) in [5, 5.41) is 10.5. The van der Waals surface area contributed by atoms with Crippen LogP contribution in [0.5, 0.6) is 0 Å². The summed E-state index contributed by atoms with van der Waals surface area (Å²) in [5.41, 5.74) is 2.37. The van der Waals surface area contributed by atoms with Crippen molar-refractivity contribution in [3.05, 3.63) is 17.5 Å². The lowest BCUT2D eigenvalue weighted by Crippen LogP contribution is -2.55. The van der Waals surface area contributed by atoms with Crippen LogP contribution in [0.25, 0.3) is 0 Å². The Morgan fingerprint density at radius 2 is 2.04 bits per heavy atom. The fourth-order valence-corrected chi connectivity index (χ4v) is 5.76. The van der Waals surface area contributed by atoms with Crippen LogP contribution in [-0.4, -0.2) is 58.2 Å². The number of nitrogens with zero attached hydrogens (tertiary/aromatic N) is 3. The van der Waals surface area contributed by atoms with E-state index in [1.165, 1.54) is 31.2 Å². The molecule has 0 spiro atoms. The minimum Gasteiger partial charge on any atom is -0.330 e. The zero-order valence-electron chi connectivity index (χ0n) is 14.9. The quantitative estimate of drug-likeness (QED) is 0.866. The highest BCUT2D eigenvalue weighted by Crippen LogP contribution is 2.46. The molecule has 136 valence electrons. The van der Waals surface area contributed by atoms with Gasteiger partial charge in [0, 0.05) is 32.2 Å². The summed E-state index contributed by atoms with van der Waals surface area (Å²) in [4.78, 5) is 17.4. The first kappa shape index (κ1) is 15.7. The topological polar surface area (TPSA) is 64.3 Å². The van der Waals surface area contributed by atoms with Gasteiger partial charge in [0.05, 0.1) is 17.9 Å². The monoisotopic (exact) mass is 343 g/mol. The molecule has 6 heteroatoms. The number of fused-ring (bicyclic) bond motifs is 3. The lowest BCUT2D eigenvalue weighted by molar-refractivity contribution is 0.0817. The van der Waals surface area contributed by atoms with E-state index in [-0.39, 0.29) is 12.1 Å². The molecule has 1 aromatic rings. The van der Waals surface area contributed by atoms with E-state index in [0.717, 1.165) is 69.0 Å². The summed E-state index contributed by atoms with van der Waals surface area (Å²) < 4.78 is 0. The van der Waals surface area contributed by atoms with Gasteiger partial charge < -0.3 is 10.2 Å². The SMILES string of the molecule is O=C(NC1CCCc2cn[nH]c21)N1CCN(C2CC3CCC2C3)CC1. The summed E-state index contributed by atoms with van der Waals surface area (Å²) >= 11 is 0. The van der Waals surface area contributed by atoms with Crippen molar-refractivity contribution in [3.8, 4) is 0 Å². The molecule has 2 bridgehead atoms. The normalized spacial score (nSPS) is 35.0. The number of hydrogen-bond acceptors (Lipinski definition) is 3. The molecule has 0 radical (unpaired) electrons. The van der Waals surface area contributed by atoms with Gasteiger partial charge in [-0.25, -0.2) is 4.79 Å². The largest absolute Gasteiger partial charge is 0.330 e. The molecule has 4 unspecified atom stereocenters. The van der Waals surface area contributed by atoms with Gasteiger partial charge in [0.15, 0.2) is 0 Å². The second-order valence-corrected chi connectivity index (χ2v) is 8.47. The molecule has 6 nitrogen and oxygen atoms in total. The van der Waals surface area contributed by atoms with Gasteiger partial charge >= 0.3 is 6.03 Å². The summed E-state index contributed by atoms with van der Waals surface area (Å²) in [6.45, 7) is 3.81. The van der Waals surface area contributed by atoms with E-state index < -0.39 is 0 Å². The molecule has 2 N–H and O–H groups in total. The lowest BCUT2D eigenvalue weighted by atomic mass is 9.93. The second-order valence-electron chi connectivity index (χ2n) is 8.47. The third-order valence-corrected chi connectivity index (χ3v) is 7.11. The minimum absolute atomic E-state index is 0.0973. The molecule has 1 saturated heterocycles. The Hall–Kier alpha value is -1.56. The predicted molar refractivity (Wildman–Crippen MR) is 95.2 cm³/mol. The van der Waals surface area contributed by atoms with Gasteiger partial charge in [-0.2, -0.15) is 5.10 Å². The number of aromatic amines is 1. The molecule has 2 amide bonds. The summed E-state index contributed by atoms with van der Waals surface area (Å²) in [6.07, 6.45) is 10.9. The molecule has 0 aromatic carbocycles. The Labute approximate surface area is 149 Å². The maximum Gasteiger partial charge on any atom is 0.318 e. The lowest BCUT2D eigenvalue weighted by Gasteiger charge is -2.41. The van der Waals surface area contributed by atoms with Crippen molar-refractivity contribution in [2.75, 3.05) is 26.2 Å². The molecular formula is C19H29N5O. The van der Waals surface area contributed by atoms with E-state index in [1.54, 1.807) is 0 Å². The number of aromatic nitrogens is 2. The zero-order chi connectivity index (χ0) is 16.8. The van der Waals surface area contributed by atoms with Gasteiger partial charge in [-0.15, -0.1) is 0 Å². The minimum atomic E-state index is 0.0973. The Kier molecular flexibility index (Phi) is 3.95. The Balaban J connectivity index is 1.16. The smallest absolute Gasteiger partial charge is 0.318 e. The number of urea groups is 1. The van der Waals surface area contributed by atoms with E-state index in [2.05, 4.69) is 20.4 Å². The van der Waals surface area contributed by atoms with Gasteiger partial charge in [0.1, 0.15) is 0 Å². The number of carbonyl (C=O) groups is 1. The molecule has 3 fully saturated rings. The molecular weight excluding hydrogens is 314 g/mol. The van der Waals surface area contributed by atoms with Gasteiger partial charge in [0.25, 0.3) is 0 Å². The Morgan fingerprint density at radius 3 is 2.80 bits per heavy atom. The standard InChI is InChI=1S/C19H29N5O/c25-19(21-16-3-1-2-15-12-20-22-18(15)16)24-8-6-23(7-9-24)17-11-13-4-5-14(17)10-13/h12-14,16-17H,1-11H2,(H,20,22)(H,21,25). The van der Waals surface area contributed by atoms with Crippen LogP contribution in [0.2, 0.25) is 0 Å². The number of nitrogens with one attached hydrogen (secondary N) is 2. The van der Waals surface area contributed by atoms with Crippen LogP contribution < -0.4 is 5.32 Å². The van der Waals surface area contributed by atoms with Crippen LogP contribution in [0.15, 0.2) is 6.20 Å². The van der Waals surface area contributed by atoms with Crippen molar-refractivity contribution in [1.82, 2.24) is 25.3 Å². The van der Waals surface area contributed by atoms with Crippen LogP contribution >= 0.6 is 0 Å². The first-order valence-corrected chi connectivity index (χ1v) is 10.1. The van der Waals surface area contributed by atoms with Crippen LogP contribution in [0.1, 0.15) is 55.8 Å². The van der Waals surface area contributed by atoms with Gasteiger partial charge in [-0.1, -0.05) is 6.42 Å². The van der Waals surface area contributed by atoms with Crippen molar-refractivity contribution in [3.63, 3.8) is 0 Å². The highest BCUT2D eigenvalue weighted by Gasteiger charge is 2.43. The molecule has 3 aliphatic carbocycles. The number of carbonyl (C=O) groups excluding carboxylic acids is 1. The average molecular weight is 343 g/mol.